The van der Waals surface area contributed by atoms with Crippen LogP contribution in [0.2, 0.25) is 0 Å². The SMILES string of the molecule is COc1cccc(F)c1C(N)Cc1ccccc1F. The van der Waals surface area contributed by atoms with Crippen LogP contribution in [0.3, 0.4) is 0 Å². The first-order valence-corrected chi connectivity index (χ1v) is 5.95. The molecule has 0 amide bonds. The molecule has 0 saturated heterocycles. The molecule has 19 heavy (non-hydrogen) atoms. The molecule has 4 heteroatoms. The Kier molecular flexibility index (Phi) is 4.12. The third-order valence-electron chi connectivity index (χ3n) is 3.00. The zero-order valence-electron chi connectivity index (χ0n) is 10.6. The van der Waals surface area contributed by atoms with E-state index in [0.717, 1.165) is 0 Å². The van der Waals surface area contributed by atoms with Crippen LogP contribution in [-0.4, -0.2) is 7.11 Å². The minimum absolute atomic E-state index is 0.212. The second-order valence-corrected chi connectivity index (χ2v) is 4.26. The summed E-state index contributed by atoms with van der Waals surface area (Å²) in [6.07, 6.45) is 0.212. The highest BCUT2D eigenvalue weighted by Crippen LogP contribution is 2.29. The van der Waals surface area contributed by atoms with Gasteiger partial charge in [0.15, 0.2) is 0 Å². The number of nitrogens with two attached hydrogens (primary N) is 1. The zero-order chi connectivity index (χ0) is 13.8. The summed E-state index contributed by atoms with van der Waals surface area (Å²) in [5, 5.41) is 0. The number of halogens is 2. The second-order valence-electron chi connectivity index (χ2n) is 4.26. The molecule has 0 bridgehead atoms. The number of ether oxygens (including phenoxy) is 1. The summed E-state index contributed by atoms with van der Waals surface area (Å²) in [5.74, 6) is -0.403. The number of hydrogen-bond donors (Lipinski definition) is 1. The highest BCUT2D eigenvalue weighted by atomic mass is 19.1. The molecule has 0 aliphatic heterocycles. The predicted molar refractivity (Wildman–Crippen MR) is 70.0 cm³/mol. The topological polar surface area (TPSA) is 35.2 Å². The van der Waals surface area contributed by atoms with Crippen LogP contribution in [-0.2, 0) is 6.42 Å². The van der Waals surface area contributed by atoms with Crippen LogP contribution in [0.4, 0.5) is 8.78 Å². The largest absolute Gasteiger partial charge is 0.496 e. The van der Waals surface area contributed by atoms with Gasteiger partial charge in [0.2, 0.25) is 0 Å². The summed E-state index contributed by atoms with van der Waals surface area (Å²) in [7, 11) is 1.45. The summed E-state index contributed by atoms with van der Waals surface area (Å²) in [5.41, 5.74) is 6.72. The first-order valence-electron chi connectivity index (χ1n) is 5.95. The molecule has 0 fully saturated rings. The molecule has 0 aliphatic rings. The third kappa shape index (κ3) is 2.90. The predicted octanol–water partition coefficient (Wildman–Crippen LogP) is 3.22. The molecule has 0 saturated carbocycles. The molecule has 2 N–H and O–H groups in total. The lowest BCUT2D eigenvalue weighted by molar-refractivity contribution is 0.398. The number of methoxy groups -OCH3 is 1. The van der Waals surface area contributed by atoms with E-state index in [0.29, 0.717) is 11.3 Å². The van der Waals surface area contributed by atoms with E-state index in [4.69, 9.17) is 10.5 Å². The Morgan fingerprint density at radius 2 is 1.74 bits per heavy atom. The average Bonchev–Trinajstić information content (AvgIpc) is 2.40. The van der Waals surface area contributed by atoms with E-state index >= 15 is 0 Å². The Morgan fingerprint density at radius 3 is 2.42 bits per heavy atom. The van der Waals surface area contributed by atoms with Crippen molar-refractivity contribution in [3.63, 3.8) is 0 Å². The quantitative estimate of drug-likeness (QED) is 0.919. The molecule has 1 atom stereocenters. The van der Waals surface area contributed by atoms with Crippen molar-refractivity contribution in [2.75, 3.05) is 7.11 Å². The molecule has 0 spiro atoms. The monoisotopic (exact) mass is 263 g/mol. The summed E-state index contributed by atoms with van der Waals surface area (Å²) in [6, 6.07) is 10.2. The van der Waals surface area contributed by atoms with Crippen molar-refractivity contribution in [2.24, 2.45) is 5.73 Å². The van der Waals surface area contributed by atoms with Gasteiger partial charge in [-0.1, -0.05) is 24.3 Å². The number of hydrogen-bond acceptors (Lipinski definition) is 2. The van der Waals surface area contributed by atoms with Crippen LogP contribution in [0.15, 0.2) is 42.5 Å². The van der Waals surface area contributed by atoms with Crippen LogP contribution < -0.4 is 10.5 Å². The van der Waals surface area contributed by atoms with Crippen LogP contribution in [0.5, 0.6) is 5.75 Å². The summed E-state index contributed by atoms with van der Waals surface area (Å²) in [6.45, 7) is 0. The Hall–Kier alpha value is -1.94. The average molecular weight is 263 g/mol. The zero-order valence-corrected chi connectivity index (χ0v) is 10.6. The Morgan fingerprint density at radius 1 is 1.05 bits per heavy atom. The van der Waals surface area contributed by atoms with E-state index in [-0.39, 0.29) is 17.8 Å². The first-order chi connectivity index (χ1) is 9.13. The fourth-order valence-corrected chi connectivity index (χ4v) is 2.06. The van der Waals surface area contributed by atoms with Crippen molar-refractivity contribution in [1.29, 1.82) is 0 Å². The minimum atomic E-state index is -0.659. The van der Waals surface area contributed by atoms with Crippen molar-refractivity contribution in [3.8, 4) is 5.75 Å². The molecule has 2 aromatic rings. The molecule has 0 radical (unpaired) electrons. The highest BCUT2D eigenvalue weighted by Gasteiger charge is 2.18. The van der Waals surface area contributed by atoms with Gasteiger partial charge in [0.1, 0.15) is 17.4 Å². The van der Waals surface area contributed by atoms with E-state index in [2.05, 4.69) is 0 Å². The molecule has 2 nitrogen and oxygen atoms in total. The lowest BCUT2D eigenvalue weighted by Crippen LogP contribution is -2.17. The molecule has 2 aromatic carbocycles. The van der Waals surface area contributed by atoms with Gasteiger partial charge in [0, 0.05) is 11.6 Å². The summed E-state index contributed by atoms with van der Waals surface area (Å²) in [4.78, 5) is 0. The van der Waals surface area contributed by atoms with Crippen LogP contribution in [0, 0.1) is 11.6 Å². The molecule has 0 heterocycles. The molecule has 0 aliphatic carbocycles. The van der Waals surface area contributed by atoms with Crippen LogP contribution in [0.25, 0.3) is 0 Å². The number of rotatable bonds is 4. The van der Waals surface area contributed by atoms with Gasteiger partial charge in [0.25, 0.3) is 0 Å². The Balaban J connectivity index is 2.30. The fourth-order valence-electron chi connectivity index (χ4n) is 2.06. The Bertz CT molecular complexity index is 572. The van der Waals surface area contributed by atoms with Gasteiger partial charge in [-0.25, -0.2) is 8.78 Å². The fraction of sp³-hybridized carbons (Fsp3) is 0.200. The molecule has 1 unspecified atom stereocenters. The summed E-state index contributed by atoms with van der Waals surface area (Å²) >= 11 is 0. The highest BCUT2D eigenvalue weighted by molar-refractivity contribution is 5.38. The Labute approximate surface area is 110 Å². The van der Waals surface area contributed by atoms with Gasteiger partial charge in [-0.05, 0) is 30.2 Å². The normalized spacial score (nSPS) is 12.2. The van der Waals surface area contributed by atoms with Gasteiger partial charge >= 0.3 is 0 Å². The maximum absolute atomic E-state index is 13.8. The van der Waals surface area contributed by atoms with E-state index < -0.39 is 11.9 Å². The molecule has 0 aromatic heterocycles. The van der Waals surface area contributed by atoms with E-state index in [1.54, 1.807) is 30.3 Å². The lowest BCUT2D eigenvalue weighted by atomic mass is 9.98. The van der Waals surface area contributed by atoms with Gasteiger partial charge in [0.05, 0.1) is 7.11 Å². The molecular formula is C15H15F2NO. The van der Waals surface area contributed by atoms with Crippen molar-refractivity contribution in [1.82, 2.24) is 0 Å². The van der Waals surface area contributed by atoms with Gasteiger partial charge < -0.3 is 10.5 Å². The standard InChI is InChI=1S/C15H15F2NO/c1-19-14-8-4-7-12(17)15(14)13(18)9-10-5-2-3-6-11(10)16/h2-8,13H,9,18H2,1H3. The van der Waals surface area contributed by atoms with Crippen molar-refractivity contribution in [2.45, 2.75) is 12.5 Å². The van der Waals surface area contributed by atoms with Crippen molar-refractivity contribution in [3.05, 3.63) is 65.2 Å². The molecule has 2 rings (SSSR count). The molecule has 100 valence electrons. The van der Waals surface area contributed by atoms with Gasteiger partial charge in [-0.2, -0.15) is 0 Å². The van der Waals surface area contributed by atoms with Crippen molar-refractivity contribution < 1.29 is 13.5 Å². The first kappa shape index (κ1) is 13.5. The lowest BCUT2D eigenvalue weighted by Gasteiger charge is -2.16. The molecular weight excluding hydrogens is 248 g/mol. The second kappa shape index (κ2) is 5.80. The minimum Gasteiger partial charge on any atom is -0.496 e. The number of benzene rings is 2. The van der Waals surface area contributed by atoms with Crippen LogP contribution >= 0.6 is 0 Å². The van der Waals surface area contributed by atoms with Gasteiger partial charge in [-0.3, -0.25) is 0 Å². The maximum Gasteiger partial charge on any atom is 0.131 e. The van der Waals surface area contributed by atoms with Crippen molar-refractivity contribution >= 4 is 0 Å². The third-order valence-corrected chi connectivity index (χ3v) is 3.00. The smallest absolute Gasteiger partial charge is 0.131 e. The summed E-state index contributed by atoms with van der Waals surface area (Å²) < 4.78 is 32.5. The maximum atomic E-state index is 13.8. The van der Waals surface area contributed by atoms with E-state index in [1.165, 1.54) is 19.2 Å². The van der Waals surface area contributed by atoms with E-state index in [9.17, 15) is 8.78 Å². The van der Waals surface area contributed by atoms with Crippen LogP contribution in [0.1, 0.15) is 17.2 Å². The van der Waals surface area contributed by atoms with E-state index in [1.807, 2.05) is 0 Å². The van der Waals surface area contributed by atoms with Gasteiger partial charge in [-0.15, -0.1) is 0 Å².